The Bertz CT molecular complexity index is 1150. The van der Waals surface area contributed by atoms with Gasteiger partial charge in [-0.1, -0.05) is 40.7 Å². The van der Waals surface area contributed by atoms with E-state index < -0.39 is 0 Å². The number of thiophene rings is 1. The molecule has 0 aliphatic rings. The van der Waals surface area contributed by atoms with Crippen molar-refractivity contribution in [3.63, 3.8) is 0 Å². The second-order valence-corrected chi connectivity index (χ2v) is 7.49. The van der Waals surface area contributed by atoms with Gasteiger partial charge in [-0.15, -0.1) is 11.3 Å². The molecule has 0 spiro atoms. The molecule has 0 radical (unpaired) electrons. The van der Waals surface area contributed by atoms with Gasteiger partial charge in [0.2, 0.25) is 5.91 Å². The first kappa shape index (κ1) is 16.8. The van der Waals surface area contributed by atoms with Crippen molar-refractivity contribution in [2.45, 2.75) is 0 Å². The summed E-state index contributed by atoms with van der Waals surface area (Å²) >= 11 is 5.13. The minimum atomic E-state index is -0.258. The topological polar surface area (TPSA) is 54.0 Å². The van der Waals surface area contributed by atoms with Gasteiger partial charge in [-0.05, 0) is 41.8 Å². The quantitative estimate of drug-likeness (QED) is 0.391. The zero-order chi connectivity index (χ0) is 18.1. The van der Waals surface area contributed by atoms with E-state index in [1.807, 2.05) is 47.8 Å². The van der Waals surface area contributed by atoms with Crippen molar-refractivity contribution >= 4 is 71.4 Å². The first-order valence-corrected chi connectivity index (χ1v) is 9.59. The monoisotopic (exact) mass is 423 g/mol. The van der Waals surface area contributed by atoms with Gasteiger partial charge in [-0.3, -0.25) is 4.79 Å². The number of anilines is 3. The largest absolute Gasteiger partial charge is 0.339 e. The Hall–Kier alpha value is -2.70. The lowest BCUT2D eigenvalue weighted by Crippen LogP contribution is -2.08. The Morgan fingerprint density at radius 1 is 1.15 bits per heavy atom. The summed E-state index contributed by atoms with van der Waals surface area (Å²) in [6, 6.07) is 15.8. The van der Waals surface area contributed by atoms with Crippen molar-refractivity contribution in [1.29, 1.82) is 0 Å². The van der Waals surface area contributed by atoms with Crippen LogP contribution in [-0.4, -0.2) is 10.9 Å². The second kappa shape index (κ2) is 6.90. The third kappa shape index (κ3) is 3.09. The number of halogens is 1. The molecule has 0 unspecified atom stereocenters. The smallest absolute Gasteiger partial charge is 0.247 e. The van der Waals surface area contributed by atoms with Crippen molar-refractivity contribution < 1.29 is 4.79 Å². The Morgan fingerprint density at radius 3 is 2.81 bits per heavy atom. The van der Waals surface area contributed by atoms with E-state index >= 15 is 0 Å². The van der Waals surface area contributed by atoms with Gasteiger partial charge < -0.3 is 10.6 Å². The highest BCUT2D eigenvalue weighted by Crippen LogP contribution is 2.37. The van der Waals surface area contributed by atoms with Crippen molar-refractivity contribution in [2.75, 3.05) is 10.6 Å². The van der Waals surface area contributed by atoms with Crippen LogP contribution in [0.25, 0.3) is 21.0 Å². The summed E-state index contributed by atoms with van der Waals surface area (Å²) in [4.78, 5) is 16.6. The van der Waals surface area contributed by atoms with E-state index in [4.69, 9.17) is 4.98 Å². The number of nitrogens with one attached hydrogen (secondary N) is 2. The third-order valence-electron chi connectivity index (χ3n) is 3.96. The molecule has 0 aliphatic carbocycles. The van der Waals surface area contributed by atoms with E-state index in [0.29, 0.717) is 5.69 Å². The number of amides is 1. The average Bonchev–Trinajstić information content (AvgIpc) is 3.13. The van der Waals surface area contributed by atoms with E-state index in [9.17, 15) is 4.79 Å². The highest BCUT2D eigenvalue weighted by molar-refractivity contribution is 9.10. The minimum Gasteiger partial charge on any atom is -0.339 e. The number of nitrogens with zero attached hydrogens (tertiary/aromatic N) is 1. The van der Waals surface area contributed by atoms with E-state index in [1.54, 1.807) is 11.3 Å². The molecule has 0 bridgehead atoms. The molecule has 0 atom stereocenters. The maximum absolute atomic E-state index is 11.8. The predicted molar refractivity (Wildman–Crippen MR) is 113 cm³/mol. The number of carbonyl (C=O) groups is 1. The predicted octanol–water partition coefficient (Wildman–Crippen LogP) is 6.08. The molecular weight excluding hydrogens is 410 g/mol. The molecule has 6 heteroatoms. The zero-order valence-corrected chi connectivity index (χ0v) is 16.0. The molecule has 0 fully saturated rings. The van der Waals surface area contributed by atoms with Crippen LogP contribution < -0.4 is 10.6 Å². The number of pyridine rings is 1. The third-order valence-corrected chi connectivity index (χ3v) is 5.38. The highest BCUT2D eigenvalue weighted by atomic mass is 79.9. The van der Waals surface area contributed by atoms with Crippen LogP contribution in [-0.2, 0) is 4.79 Å². The van der Waals surface area contributed by atoms with Gasteiger partial charge in [0, 0.05) is 20.9 Å². The summed E-state index contributed by atoms with van der Waals surface area (Å²) in [5.41, 5.74) is 2.34. The molecule has 1 amide bonds. The first-order valence-electron chi connectivity index (χ1n) is 7.91. The summed E-state index contributed by atoms with van der Waals surface area (Å²) in [5.74, 6) is 0.507. The summed E-state index contributed by atoms with van der Waals surface area (Å²) in [7, 11) is 0. The Kier molecular flexibility index (Phi) is 4.44. The second-order valence-electron chi connectivity index (χ2n) is 5.65. The van der Waals surface area contributed by atoms with Crippen molar-refractivity contribution in [3.05, 3.63) is 71.0 Å². The molecule has 128 valence electrons. The average molecular weight is 424 g/mol. The summed E-state index contributed by atoms with van der Waals surface area (Å²) in [6.07, 6.45) is 1.25. The van der Waals surface area contributed by atoms with Gasteiger partial charge >= 0.3 is 0 Å². The SMILES string of the molecule is C=CC(=O)Nc1cccc2c1nc(Nc1cccc(Br)c1)c1sccc12. The Labute approximate surface area is 162 Å². The van der Waals surface area contributed by atoms with Crippen LogP contribution in [0.5, 0.6) is 0 Å². The van der Waals surface area contributed by atoms with Crippen molar-refractivity contribution in [2.24, 2.45) is 0 Å². The molecule has 4 nitrogen and oxygen atoms in total. The maximum Gasteiger partial charge on any atom is 0.247 e. The fraction of sp³-hybridized carbons (Fsp3) is 0. The highest BCUT2D eigenvalue weighted by Gasteiger charge is 2.13. The molecule has 4 aromatic rings. The minimum absolute atomic E-state index is 0.258. The molecule has 2 heterocycles. The van der Waals surface area contributed by atoms with Crippen LogP contribution in [0.4, 0.5) is 17.2 Å². The zero-order valence-electron chi connectivity index (χ0n) is 13.6. The molecule has 0 saturated carbocycles. The van der Waals surface area contributed by atoms with E-state index in [1.165, 1.54) is 6.08 Å². The summed E-state index contributed by atoms with van der Waals surface area (Å²) < 4.78 is 2.06. The van der Waals surface area contributed by atoms with Crippen LogP contribution >= 0.6 is 27.3 Å². The molecule has 2 aromatic heterocycles. The number of hydrogen-bond acceptors (Lipinski definition) is 4. The molecule has 2 N–H and O–H groups in total. The molecule has 0 aliphatic heterocycles. The molecule has 4 rings (SSSR count). The van der Waals surface area contributed by atoms with Gasteiger partial charge in [0.15, 0.2) is 0 Å². The molecule has 2 aromatic carbocycles. The van der Waals surface area contributed by atoms with Crippen LogP contribution in [0.15, 0.2) is 71.0 Å². The van der Waals surface area contributed by atoms with Crippen LogP contribution in [0.3, 0.4) is 0 Å². The number of rotatable bonds is 4. The number of fused-ring (bicyclic) bond motifs is 3. The lowest BCUT2D eigenvalue weighted by atomic mass is 10.1. The number of aromatic nitrogens is 1. The van der Waals surface area contributed by atoms with Gasteiger partial charge in [0.1, 0.15) is 5.82 Å². The van der Waals surface area contributed by atoms with E-state index in [0.717, 1.165) is 37.0 Å². The summed E-state index contributed by atoms with van der Waals surface area (Å²) in [5, 5.41) is 10.4. The normalized spacial score (nSPS) is 10.8. The van der Waals surface area contributed by atoms with Gasteiger partial charge in [-0.2, -0.15) is 0 Å². The number of benzene rings is 2. The lowest BCUT2D eigenvalue weighted by molar-refractivity contribution is -0.111. The molecule has 0 saturated heterocycles. The van der Waals surface area contributed by atoms with E-state index in [-0.39, 0.29) is 5.91 Å². The lowest BCUT2D eigenvalue weighted by Gasteiger charge is -2.12. The first-order chi connectivity index (χ1) is 12.7. The molecular formula is C20H14BrN3OS. The van der Waals surface area contributed by atoms with Crippen LogP contribution in [0, 0.1) is 0 Å². The van der Waals surface area contributed by atoms with Gasteiger partial charge in [-0.25, -0.2) is 4.98 Å². The Morgan fingerprint density at radius 2 is 2.00 bits per heavy atom. The van der Waals surface area contributed by atoms with Gasteiger partial charge in [0.05, 0.1) is 15.9 Å². The standard InChI is InChI=1S/C20H14BrN3OS/c1-2-17(25)23-16-8-4-7-14-15-9-10-26-19(15)20(24-18(14)16)22-13-6-3-5-12(21)11-13/h2-11H,1H2,(H,22,24)(H,23,25). The maximum atomic E-state index is 11.8. The molecule has 26 heavy (non-hydrogen) atoms. The van der Waals surface area contributed by atoms with Crippen LogP contribution in [0.1, 0.15) is 0 Å². The summed E-state index contributed by atoms with van der Waals surface area (Å²) in [6.45, 7) is 3.51. The van der Waals surface area contributed by atoms with Crippen molar-refractivity contribution in [1.82, 2.24) is 4.98 Å². The fourth-order valence-corrected chi connectivity index (χ4v) is 4.07. The Balaban J connectivity index is 1.91. The number of carbonyl (C=O) groups excluding carboxylic acids is 1. The number of hydrogen-bond donors (Lipinski definition) is 2. The number of para-hydroxylation sites is 1. The van der Waals surface area contributed by atoms with E-state index in [2.05, 4.69) is 39.2 Å². The van der Waals surface area contributed by atoms with Crippen LogP contribution in [0.2, 0.25) is 0 Å². The fourth-order valence-electron chi connectivity index (χ4n) is 2.82. The van der Waals surface area contributed by atoms with Crippen molar-refractivity contribution in [3.8, 4) is 0 Å². The van der Waals surface area contributed by atoms with Gasteiger partial charge in [0.25, 0.3) is 0 Å².